The van der Waals surface area contributed by atoms with Crippen molar-refractivity contribution in [1.29, 1.82) is 0 Å². The summed E-state index contributed by atoms with van der Waals surface area (Å²) in [6.07, 6.45) is 0. The molecule has 168 valence electrons. The van der Waals surface area contributed by atoms with Crippen LogP contribution in [-0.4, -0.2) is 30.6 Å². The number of carbonyl (C=O) groups excluding carboxylic acids is 3. The highest BCUT2D eigenvalue weighted by Crippen LogP contribution is 2.22. The number of halogens is 1. The molecule has 9 heteroatoms. The third-order valence-electron chi connectivity index (χ3n) is 4.46. The van der Waals surface area contributed by atoms with E-state index in [1.165, 1.54) is 7.11 Å². The summed E-state index contributed by atoms with van der Waals surface area (Å²) in [7, 11) is 1.53. The van der Waals surface area contributed by atoms with Crippen LogP contribution in [0.2, 0.25) is 5.02 Å². The van der Waals surface area contributed by atoms with Gasteiger partial charge in [-0.3, -0.25) is 9.59 Å². The highest BCUT2D eigenvalue weighted by molar-refractivity contribution is 6.41. The van der Waals surface area contributed by atoms with E-state index in [1.807, 2.05) is 0 Å². The molecule has 33 heavy (non-hydrogen) atoms. The van der Waals surface area contributed by atoms with Crippen LogP contribution >= 0.6 is 11.6 Å². The van der Waals surface area contributed by atoms with Gasteiger partial charge in [0.25, 0.3) is 0 Å². The molecule has 3 aromatic carbocycles. The summed E-state index contributed by atoms with van der Waals surface area (Å²) < 4.78 is 10.6. The fourth-order valence-corrected chi connectivity index (χ4v) is 2.91. The number of rotatable bonds is 6. The Balaban J connectivity index is 1.68. The minimum atomic E-state index is -0.984. The second kappa shape index (κ2) is 10.9. The molecule has 3 aromatic rings. The second-order valence-electron chi connectivity index (χ2n) is 6.69. The molecule has 2 N–H and O–H groups in total. The van der Waals surface area contributed by atoms with Crippen LogP contribution in [-0.2, 0) is 9.59 Å². The van der Waals surface area contributed by atoms with Crippen LogP contribution in [0.3, 0.4) is 0 Å². The lowest BCUT2D eigenvalue weighted by Gasteiger charge is -2.10. The Morgan fingerprint density at radius 1 is 0.879 bits per heavy atom. The van der Waals surface area contributed by atoms with Crippen LogP contribution in [0, 0.1) is 0 Å². The number of amides is 2. The van der Waals surface area contributed by atoms with Crippen molar-refractivity contribution in [3.63, 3.8) is 0 Å². The van der Waals surface area contributed by atoms with Crippen LogP contribution in [0.15, 0.2) is 77.9 Å². The van der Waals surface area contributed by atoms with Crippen molar-refractivity contribution in [3.8, 4) is 11.5 Å². The number of carbonyl (C=O) groups is 3. The Hall–Kier alpha value is -4.17. The molecule has 0 aliphatic heterocycles. The van der Waals surface area contributed by atoms with Gasteiger partial charge in [-0.05, 0) is 55.5 Å². The minimum Gasteiger partial charge on any atom is -0.497 e. The molecule has 0 spiro atoms. The number of para-hydroxylation sites is 2. The number of nitrogens with zero attached hydrogens (tertiary/aromatic N) is 1. The van der Waals surface area contributed by atoms with Crippen molar-refractivity contribution in [2.24, 2.45) is 5.10 Å². The number of nitrogens with one attached hydrogen (secondary N) is 2. The molecule has 0 aromatic heterocycles. The standard InChI is InChI=1S/C24H20ClN3O5/c1-15(27-28-23(30)22(29)26-20-9-5-4-8-19(20)25)18-7-3-6-10-21(18)33-24(31)16-11-13-17(32-2)14-12-16/h3-14H,1-2H3,(H,26,29)(H,28,30)/b27-15+. The van der Waals surface area contributed by atoms with Crippen LogP contribution < -0.4 is 20.2 Å². The largest absolute Gasteiger partial charge is 0.497 e. The number of ether oxygens (including phenoxy) is 2. The van der Waals surface area contributed by atoms with Crippen LogP contribution in [0.1, 0.15) is 22.8 Å². The van der Waals surface area contributed by atoms with Gasteiger partial charge < -0.3 is 14.8 Å². The smallest absolute Gasteiger partial charge is 0.343 e. The molecule has 0 radical (unpaired) electrons. The van der Waals surface area contributed by atoms with Gasteiger partial charge in [-0.2, -0.15) is 5.10 Å². The second-order valence-corrected chi connectivity index (χ2v) is 7.09. The van der Waals surface area contributed by atoms with Crippen molar-refractivity contribution in [3.05, 3.63) is 88.9 Å². The number of esters is 1. The number of methoxy groups -OCH3 is 1. The molecule has 8 nitrogen and oxygen atoms in total. The maximum Gasteiger partial charge on any atom is 0.343 e. The van der Waals surface area contributed by atoms with E-state index in [4.69, 9.17) is 21.1 Å². The Morgan fingerprint density at radius 3 is 2.24 bits per heavy atom. The quantitative estimate of drug-likeness (QED) is 0.188. The number of hydrogen-bond donors (Lipinski definition) is 2. The highest BCUT2D eigenvalue weighted by atomic mass is 35.5. The molecule has 0 saturated carbocycles. The zero-order valence-corrected chi connectivity index (χ0v) is 18.6. The van der Waals surface area contributed by atoms with Gasteiger partial charge in [0.15, 0.2) is 0 Å². The van der Waals surface area contributed by atoms with Gasteiger partial charge in [-0.1, -0.05) is 35.9 Å². The van der Waals surface area contributed by atoms with E-state index in [-0.39, 0.29) is 5.75 Å². The van der Waals surface area contributed by atoms with E-state index in [0.717, 1.165) is 0 Å². The first-order valence-electron chi connectivity index (χ1n) is 9.75. The van der Waals surface area contributed by atoms with Gasteiger partial charge >= 0.3 is 17.8 Å². The Morgan fingerprint density at radius 2 is 1.55 bits per heavy atom. The lowest BCUT2D eigenvalue weighted by Crippen LogP contribution is -2.33. The van der Waals surface area contributed by atoms with E-state index in [1.54, 1.807) is 79.7 Å². The summed E-state index contributed by atoms with van der Waals surface area (Å²) in [6, 6.07) is 19.7. The third kappa shape index (κ3) is 6.18. The molecule has 0 saturated heterocycles. The molecule has 2 amide bonds. The summed E-state index contributed by atoms with van der Waals surface area (Å²) in [5, 5.41) is 6.66. The molecule has 0 fully saturated rings. The SMILES string of the molecule is COc1ccc(C(=O)Oc2ccccc2/C(C)=N/NC(=O)C(=O)Nc2ccccc2Cl)cc1. The molecule has 0 bridgehead atoms. The topological polar surface area (TPSA) is 106 Å². The number of hydrogen-bond acceptors (Lipinski definition) is 6. The van der Waals surface area contributed by atoms with Crippen LogP contribution in [0.4, 0.5) is 5.69 Å². The molecule has 3 rings (SSSR count). The monoisotopic (exact) mass is 465 g/mol. The normalized spacial score (nSPS) is 10.8. The first kappa shape index (κ1) is 23.5. The molecule has 0 unspecified atom stereocenters. The summed E-state index contributed by atoms with van der Waals surface area (Å²) in [6.45, 7) is 1.60. The molecule has 0 aliphatic rings. The first-order chi connectivity index (χ1) is 15.9. The van der Waals surface area contributed by atoms with Crippen molar-refractivity contribution in [2.45, 2.75) is 6.92 Å². The van der Waals surface area contributed by atoms with Gasteiger partial charge in [0.2, 0.25) is 0 Å². The summed E-state index contributed by atoms with van der Waals surface area (Å²) in [5.74, 6) is -1.62. The highest BCUT2D eigenvalue weighted by Gasteiger charge is 2.16. The van der Waals surface area contributed by atoms with E-state index in [9.17, 15) is 14.4 Å². The third-order valence-corrected chi connectivity index (χ3v) is 4.79. The van der Waals surface area contributed by atoms with E-state index in [0.29, 0.717) is 33.3 Å². The van der Waals surface area contributed by atoms with Crippen molar-refractivity contribution < 1.29 is 23.9 Å². The van der Waals surface area contributed by atoms with Crippen molar-refractivity contribution >= 4 is 40.8 Å². The number of benzene rings is 3. The summed E-state index contributed by atoms with van der Waals surface area (Å²) in [5.41, 5.74) is 3.61. The van der Waals surface area contributed by atoms with Crippen LogP contribution in [0.25, 0.3) is 0 Å². The molecule has 0 aliphatic carbocycles. The maximum absolute atomic E-state index is 12.5. The van der Waals surface area contributed by atoms with Gasteiger partial charge in [0.1, 0.15) is 11.5 Å². The fraction of sp³-hybridized carbons (Fsp3) is 0.0833. The van der Waals surface area contributed by atoms with Gasteiger partial charge in [-0.25, -0.2) is 10.2 Å². The van der Waals surface area contributed by atoms with Crippen molar-refractivity contribution in [2.75, 3.05) is 12.4 Å². The molecule has 0 atom stereocenters. The maximum atomic E-state index is 12.5. The van der Waals surface area contributed by atoms with Crippen molar-refractivity contribution in [1.82, 2.24) is 5.43 Å². The van der Waals surface area contributed by atoms with Gasteiger partial charge in [0.05, 0.1) is 29.1 Å². The lowest BCUT2D eigenvalue weighted by atomic mass is 10.1. The predicted octanol–water partition coefficient (Wildman–Crippen LogP) is 4.05. The minimum absolute atomic E-state index is 0.245. The fourth-order valence-electron chi connectivity index (χ4n) is 2.73. The zero-order chi connectivity index (χ0) is 23.8. The summed E-state index contributed by atoms with van der Waals surface area (Å²) in [4.78, 5) is 36.7. The average molecular weight is 466 g/mol. The first-order valence-corrected chi connectivity index (χ1v) is 10.1. The lowest BCUT2D eigenvalue weighted by molar-refractivity contribution is -0.136. The zero-order valence-electron chi connectivity index (χ0n) is 17.8. The average Bonchev–Trinajstić information content (AvgIpc) is 2.84. The molecular formula is C24H20ClN3O5. The van der Waals surface area contributed by atoms with E-state index in [2.05, 4.69) is 15.8 Å². The van der Waals surface area contributed by atoms with E-state index >= 15 is 0 Å². The Kier molecular flexibility index (Phi) is 7.77. The van der Waals surface area contributed by atoms with E-state index < -0.39 is 17.8 Å². The molecule has 0 heterocycles. The number of hydrazone groups is 1. The van der Waals surface area contributed by atoms with Gasteiger partial charge in [0, 0.05) is 5.56 Å². The van der Waals surface area contributed by atoms with Crippen LogP contribution in [0.5, 0.6) is 11.5 Å². The molecular weight excluding hydrogens is 446 g/mol. The number of anilines is 1. The summed E-state index contributed by atoms with van der Waals surface area (Å²) >= 11 is 5.98. The predicted molar refractivity (Wildman–Crippen MR) is 125 cm³/mol. The Bertz CT molecular complexity index is 1210. The Labute approximate surface area is 195 Å². The van der Waals surface area contributed by atoms with Gasteiger partial charge in [-0.15, -0.1) is 0 Å².